The third-order valence-corrected chi connectivity index (χ3v) is 4.75. The van der Waals surface area contributed by atoms with Crippen LogP contribution < -0.4 is 0 Å². The Balaban J connectivity index is 2.01. The average Bonchev–Trinajstić information content (AvgIpc) is 2.83. The van der Waals surface area contributed by atoms with Crippen molar-refractivity contribution in [3.63, 3.8) is 0 Å². The van der Waals surface area contributed by atoms with Crippen molar-refractivity contribution in [1.29, 1.82) is 0 Å². The van der Waals surface area contributed by atoms with Crippen LogP contribution in [0.4, 0.5) is 0 Å². The Hall–Kier alpha value is -0.410. The van der Waals surface area contributed by atoms with Gasteiger partial charge in [0, 0.05) is 24.7 Å². The number of rotatable bonds is 5. The quantitative estimate of drug-likeness (QED) is 0.759. The molecule has 0 bridgehead atoms. The summed E-state index contributed by atoms with van der Waals surface area (Å²) in [6.45, 7) is 6.95. The van der Waals surface area contributed by atoms with Gasteiger partial charge in [-0.3, -0.25) is 4.79 Å². The molecule has 1 aliphatic heterocycles. The van der Waals surface area contributed by atoms with Crippen LogP contribution >= 0.6 is 0 Å². The Morgan fingerprint density at radius 2 is 2.00 bits per heavy atom. The molecule has 0 aromatic rings. The standard InChI is InChI=1S/C16H28O3/c1-4-5-8-13(17)15(2,3)14-9-12-18-16(19-14)10-6-7-11-16/h14H,4-12H2,1-3H3. The van der Waals surface area contributed by atoms with E-state index in [2.05, 4.69) is 6.92 Å². The van der Waals surface area contributed by atoms with Crippen molar-refractivity contribution in [2.24, 2.45) is 5.41 Å². The molecule has 1 atom stereocenters. The predicted octanol–water partition coefficient (Wildman–Crippen LogP) is 3.85. The molecule has 3 heteroatoms. The van der Waals surface area contributed by atoms with Crippen LogP contribution in [0.15, 0.2) is 0 Å². The molecule has 1 saturated carbocycles. The average molecular weight is 268 g/mol. The lowest BCUT2D eigenvalue weighted by atomic mass is 9.78. The first-order valence-corrected chi connectivity index (χ1v) is 7.85. The number of carbonyl (C=O) groups is 1. The Morgan fingerprint density at radius 3 is 2.63 bits per heavy atom. The van der Waals surface area contributed by atoms with Crippen molar-refractivity contribution in [3.8, 4) is 0 Å². The normalized spacial score (nSPS) is 26.8. The molecule has 3 nitrogen and oxygen atoms in total. The molecular formula is C16H28O3. The van der Waals surface area contributed by atoms with E-state index in [-0.39, 0.29) is 17.3 Å². The van der Waals surface area contributed by atoms with Gasteiger partial charge in [0.05, 0.1) is 12.7 Å². The van der Waals surface area contributed by atoms with E-state index >= 15 is 0 Å². The Morgan fingerprint density at radius 1 is 1.32 bits per heavy atom. The first kappa shape index (κ1) is 15.0. The van der Waals surface area contributed by atoms with Crippen molar-refractivity contribution in [2.45, 2.75) is 84.0 Å². The van der Waals surface area contributed by atoms with Gasteiger partial charge in [-0.1, -0.05) is 27.2 Å². The Kier molecular flexibility index (Phi) is 4.67. The van der Waals surface area contributed by atoms with Gasteiger partial charge in [-0.15, -0.1) is 0 Å². The number of ketones is 1. The molecule has 1 heterocycles. The summed E-state index contributed by atoms with van der Waals surface area (Å²) in [5, 5.41) is 0. The molecule has 2 aliphatic rings. The fourth-order valence-corrected chi connectivity index (χ4v) is 3.23. The number of ether oxygens (including phenoxy) is 2. The van der Waals surface area contributed by atoms with Crippen LogP contribution in [0.3, 0.4) is 0 Å². The zero-order valence-electron chi connectivity index (χ0n) is 12.7. The molecule has 0 aromatic heterocycles. The maximum atomic E-state index is 12.4. The molecule has 19 heavy (non-hydrogen) atoms. The second-order valence-electron chi connectivity index (χ2n) is 6.61. The number of unbranched alkanes of at least 4 members (excludes halogenated alkanes) is 1. The van der Waals surface area contributed by atoms with Gasteiger partial charge in [-0.05, 0) is 25.7 Å². The highest BCUT2D eigenvalue weighted by Crippen LogP contribution is 2.43. The SMILES string of the molecule is CCCCC(=O)C(C)(C)C1CCOC2(CCCC2)O1. The smallest absolute Gasteiger partial charge is 0.168 e. The molecule has 2 fully saturated rings. The van der Waals surface area contributed by atoms with E-state index in [4.69, 9.17) is 9.47 Å². The molecular weight excluding hydrogens is 240 g/mol. The van der Waals surface area contributed by atoms with Crippen LogP contribution in [0, 0.1) is 5.41 Å². The Bertz CT molecular complexity index is 316. The second kappa shape index (κ2) is 5.92. The van der Waals surface area contributed by atoms with Crippen LogP contribution in [0.25, 0.3) is 0 Å². The summed E-state index contributed by atoms with van der Waals surface area (Å²) in [4.78, 5) is 12.4. The molecule has 1 aliphatic carbocycles. The monoisotopic (exact) mass is 268 g/mol. The summed E-state index contributed by atoms with van der Waals surface area (Å²) >= 11 is 0. The third kappa shape index (κ3) is 3.19. The van der Waals surface area contributed by atoms with Gasteiger partial charge in [-0.25, -0.2) is 0 Å². The molecule has 0 radical (unpaired) electrons. The molecule has 1 spiro atoms. The van der Waals surface area contributed by atoms with E-state index in [0.29, 0.717) is 12.2 Å². The van der Waals surface area contributed by atoms with Crippen LogP contribution in [0.1, 0.15) is 72.1 Å². The predicted molar refractivity (Wildman–Crippen MR) is 75.0 cm³/mol. The van der Waals surface area contributed by atoms with Crippen molar-refractivity contribution < 1.29 is 14.3 Å². The summed E-state index contributed by atoms with van der Waals surface area (Å²) in [5.74, 6) is -0.0278. The van der Waals surface area contributed by atoms with Gasteiger partial charge in [-0.2, -0.15) is 0 Å². The fourth-order valence-electron chi connectivity index (χ4n) is 3.23. The minimum absolute atomic E-state index is 0.0173. The maximum Gasteiger partial charge on any atom is 0.168 e. The van der Waals surface area contributed by atoms with E-state index in [0.717, 1.165) is 38.7 Å². The van der Waals surface area contributed by atoms with Gasteiger partial charge >= 0.3 is 0 Å². The summed E-state index contributed by atoms with van der Waals surface area (Å²) in [6.07, 6.45) is 7.92. The van der Waals surface area contributed by atoms with Crippen molar-refractivity contribution in [1.82, 2.24) is 0 Å². The number of carbonyl (C=O) groups excluding carboxylic acids is 1. The van der Waals surface area contributed by atoms with Crippen LogP contribution in [-0.2, 0) is 14.3 Å². The van der Waals surface area contributed by atoms with Gasteiger partial charge in [0.25, 0.3) is 0 Å². The number of hydrogen-bond donors (Lipinski definition) is 0. The van der Waals surface area contributed by atoms with Crippen molar-refractivity contribution in [2.75, 3.05) is 6.61 Å². The zero-order valence-corrected chi connectivity index (χ0v) is 12.7. The highest BCUT2D eigenvalue weighted by molar-refractivity contribution is 5.84. The van der Waals surface area contributed by atoms with Gasteiger partial charge in [0.1, 0.15) is 5.78 Å². The largest absolute Gasteiger partial charge is 0.350 e. The minimum atomic E-state index is -0.380. The fraction of sp³-hybridized carbons (Fsp3) is 0.938. The van der Waals surface area contributed by atoms with Gasteiger partial charge in [0.15, 0.2) is 5.79 Å². The maximum absolute atomic E-state index is 12.4. The second-order valence-corrected chi connectivity index (χ2v) is 6.61. The first-order chi connectivity index (χ1) is 9.00. The number of Topliss-reactive ketones (excluding diaryl/α,β-unsaturated/α-hetero) is 1. The molecule has 0 N–H and O–H groups in total. The van der Waals surface area contributed by atoms with Gasteiger partial charge in [0.2, 0.25) is 0 Å². The summed E-state index contributed by atoms with van der Waals surface area (Å²) < 4.78 is 12.1. The summed E-state index contributed by atoms with van der Waals surface area (Å²) in [6, 6.07) is 0. The summed E-state index contributed by atoms with van der Waals surface area (Å²) in [5.41, 5.74) is -0.380. The van der Waals surface area contributed by atoms with E-state index < -0.39 is 0 Å². The van der Waals surface area contributed by atoms with E-state index in [1.54, 1.807) is 0 Å². The Labute approximate surface area is 117 Å². The van der Waals surface area contributed by atoms with Crippen LogP contribution in [-0.4, -0.2) is 24.3 Å². The molecule has 1 unspecified atom stereocenters. The lowest BCUT2D eigenvalue weighted by Crippen LogP contribution is -2.50. The zero-order chi connectivity index (χ0) is 13.9. The summed E-state index contributed by atoms with van der Waals surface area (Å²) in [7, 11) is 0. The highest BCUT2D eigenvalue weighted by Gasteiger charge is 2.47. The highest BCUT2D eigenvalue weighted by atomic mass is 16.7. The lowest BCUT2D eigenvalue weighted by Gasteiger charge is -2.44. The van der Waals surface area contributed by atoms with Crippen LogP contribution in [0.5, 0.6) is 0 Å². The topological polar surface area (TPSA) is 35.5 Å². The van der Waals surface area contributed by atoms with Crippen LogP contribution in [0.2, 0.25) is 0 Å². The third-order valence-electron chi connectivity index (χ3n) is 4.75. The molecule has 0 amide bonds. The van der Waals surface area contributed by atoms with Crippen molar-refractivity contribution in [3.05, 3.63) is 0 Å². The molecule has 1 saturated heterocycles. The first-order valence-electron chi connectivity index (χ1n) is 7.85. The van der Waals surface area contributed by atoms with E-state index in [9.17, 15) is 4.79 Å². The number of hydrogen-bond acceptors (Lipinski definition) is 3. The molecule has 2 rings (SSSR count). The minimum Gasteiger partial charge on any atom is -0.350 e. The van der Waals surface area contributed by atoms with Crippen molar-refractivity contribution >= 4 is 5.78 Å². The van der Waals surface area contributed by atoms with E-state index in [1.807, 2.05) is 13.8 Å². The van der Waals surface area contributed by atoms with Gasteiger partial charge < -0.3 is 9.47 Å². The lowest BCUT2D eigenvalue weighted by molar-refractivity contribution is -0.303. The molecule has 110 valence electrons. The van der Waals surface area contributed by atoms with E-state index in [1.165, 1.54) is 12.8 Å². The molecule has 0 aromatic carbocycles.